The molecular formula is C26H16Cl2N2O2S. The van der Waals surface area contributed by atoms with Crippen LogP contribution in [0.3, 0.4) is 0 Å². The molecule has 0 aliphatic carbocycles. The van der Waals surface area contributed by atoms with Gasteiger partial charge in [-0.1, -0.05) is 83.9 Å². The van der Waals surface area contributed by atoms with E-state index in [0.717, 1.165) is 16.9 Å². The van der Waals surface area contributed by atoms with Crippen LogP contribution in [0.4, 0.5) is 0 Å². The van der Waals surface area contributed by atoms with E-state index in [9.17, 15) is 14.9 Å². The zero-order valence-electron chi connectivity index (χ0n) is 17.4. The summed E-state index contributed by atoms with van der Waals surface area (Å²) in [6.45, 7) is 1.87. The zero-order chi connectivity index (χ0) is 23.5. The fourth-order valence-corrected chi connectivity index (χ4v) is 4.83. The highest BCUT2D eigenvalue weighted by atomic mass is 35.5. The SMILES string of the molecule is Cc1ccccc1-n1c(=C(C#N)C(=O)c2ccccc2)sc(=Cc2cccc(Cl)c2Cl)c1=O. The van der Waals surface area contributed by atoms with E-state index in [4.69, 9.17) is 23.2 Å². The average molecular weight is 491 g/mol. The molecule has 7 heteroatoms. The molecule has 4 rings (SSSR count). The largest absolute Gasteiger partial charge is 0.288 e. The Morgan fingerprint density at radius 3 is 2.39 bits per heavy atom. The van der Waals surface area contributed by atoms with Crippen LogP contribution in [-0.2, 0) is 0 Å². The quantitative estimate of drug-likeness (QED) is 0.382. The Bertz CT molecular complexity index is 1600. The van der Waals surface area contributed by atoms with Gasteiger partial charge in [0, 0.05) is 5.56 Å². The summed E-state index contributed by atoms with van der Waals surface area (Å²) in [7, 11) is 0. The Morgan fingerprint density at radius 1 is 1.00 bits per heavy atom. The third-order valence-electron chi connectivity index (χ3n) is 5.04. The number of hydrogen-bond acceptors (Lipinski definition) is 4. The average Bonchev–Trinajstić information content (AvgIpc) is 3.13. The molecule has 0 bridgehead atoms. The van der Waals surface area contributed by atoms with E-state index in [2.05, 4.69) is 0 Å². The number of Topliss-reactive ketones (excluding diaryl/α,β-unsaturated/α-hetero) is 1. The van der Waals surface area contributed by atoms with Crippen LogP contribution in [0.25, 0.3) is 17.3 Å². The molecule has 0 N–H and O–H groups in total. The molecule has 0 unspecified atom stereocenters. The molecule has 162 valence electrons. The standard InChI is InChI=1S/C26H16Cl2N2O2S/c1-16-8-5-6-13-21(16)30-25(32)22(14-18-11-7-12-20(27)23(18)28)33-26(30)19(15-29)24(31)17-9-3-2-4-10-17/h2-14H,1H3. The maximum Gasteiger partial charge on any atom is 0.273 e. The van der Waals surface area contributed by atoms with Crippen molar-refractivity contribution in [1.29, 1.82) is 5.26 Å². The first-order chi connectivity index (χ1) is 15.9. The molecule has 0 aliphatic rings. The maximum atomic E-state index is 13.6. The first kappa shape index (κ1) is 22.8. The monoisotopic (exact) mass is 490 g/mol. The van der Waals surface area contributed by atoms with Crippen molar-refractivity contribution < 1.29 is 4.79 Å². The van der Waals surface area contributed by atoms with Crippen LogP contribution in [0.5, 0.6) is 0 Å². The number of aryl methyl sites for hydroxylation is 1. The third-order valence-corrected chi connectivity index (χ3v) is 6.96. The van der Waals surface area contributed by atoms with Gasteiger partial charge in [0.25, 0.3) is 5.56 Å². The number of ketones is 1. The Balaban J connectivity index is 2.11. The lowest BCUT2D eigenvalue weighted by molar-refractivity contribution is 0.105. The van der Waals surface area contributed by atoms with Gasteiger partial charge >= 0.3 is 0 Å². The van der Waals surface area contributed by atoms with E-state index in [1.54, 1.807) is 66.7 Å². The summed E-state index contributed by atoms with van der Waals surface area (Å²) in [4.78, 5) is 26.8. The van der Waals surface area contributed by atoms with Crippen LogP contribution < -0.4 is 14.8 Å². The molecule has 0 saturated carbocycles. The third kappa shape index (κ3) is 4.42. The van der Waals surface area contributed by atoms with Crippen molar-refractivity contribution in [3.8, 4) is 11.8 Å². The lowest BCUT2D eigenvalue weighted by Gasteiger charge is -2.07. The topological polar surface area (TPSA) is 62.9 Å². The molecule has 0 fully saturated rings. The maximum absolute atomic E-state index is 13.6. The summed E-state index contributed by atoms with van der Waals surface area (Å²) in [5.41, 5.74) is 1.90. The van der Waals surface area contributed by atoms with Gasteiger partial charge in [0.05, 0.1) is 20.3 Å². The van der Waals surface area contributed by atoms with Crippen LogP contribution in [0, 0.1) is 18.3 Å². The van der Waals surface area contributed by atoms with Crippen LogP contribution >= 0.6 is 34.5 Å². The van der Waals surface area contributed by atoms with Gasteiger partial charge in [-0.15, -0.1) is 11.3 Å². The second-order valence-corrected chi connectivity index (χ2v) is 8.98. The molecule has 0 spiro atoms. The minimum atomic E-state index is -0.450. The summed E-state index contributed by atoms with van der Waals surface area (Å²) in [5.74, 6) is -0.450. The second-order valence-electron chi connectivity index (χ2n) is 7.17. The van der Waals surface area contributed by atoms with Gasteiger partial charge in [0.15, 0.2) is 0 Å². The number of thiazole rings is 1. The van der Waals surface area contributed by atoms with E-state index in [1.807, 2.05) is 25.1 Å². The van der Waals surface area contributed by atoms with Crippen molar-refractivity contribution >= 4 is 52.0 Å². The van der Waals surface area contributed by atoms with E-state index in [-0.39, 0.29) is 15.8 Å². The predicted octanol–water partition coefficient (Wildman–Crippen LogP) is 4.90. The van der Waals surface area contributed by atoms with E-state index < -0.39 is 5.78 Å². The van der Waals surface area contributed by atoms with Crippen LogP contribution in [0.2, 0.25) is 10.0 Å². The van der Waals surface area contributed by atoms with Gasteiger partial charge in [-0.3, -0.25) is 14.2 Å². The molecule has 0 atom stereocenters. The van der Waals surface area contributed by atoms with Gasteiger partial charge in [-0.05, 0) is 36.3 Å². The van der Waals surface area contributed by atoms with Gasteiger partial charge in [0.1, 0.15) is 16.3 Å². The number of nitriles is 1. The minimum Gasteiger partial charge on any atom is -0.288 e. The van der Waals surface area contributed by atoms with Crippen LogP contribution in [0.1, 0.15) is 21.5 Å². The minimum absolute atomic E-state index is 0.108. The number of halogens is 2. The Kier molecular flexibility index (Phi) is 6.62. The molecule has 0 amide bonds. The molecule has 4 aromatic rings. The van der Waals surface area contributed by atoms with Crippen molar-refractivity contribution in [3.63, 3.8) is 0 Å². The summed E-state index contributed by atoms with van der Waals surface area (Å²) in [6.07, 6.45) is 1.63. The smallest absolute Gasteiger partial charge is 0.273 e. The Hall–Kier alpha value is -3.43. The number of rotatable bonds is 4. The molecule has 3 aromatic carbocycles. The highest BCUT2D eigenvalue weighted by Crippen LogP contribution is 2.25. The second kappa shape index (κ2) is 9.60. The van der Waals surface area contributed by atoms with Crippen molar-refractivity contribution in [2.75, 3.05) is 0 Å². The Labute approximate surface area is 203 Å². The Morgan fingerprint density at radius 2 is 1.70 bits per heavy atom. The molecule has 33 heavy (non-hydrogen) atoms. The molecule has 1 aromatic heterocycles. The van der Waals surface area contributed by atoms with Crippen molar-refractivity contribution in [3.05, 3.63) is 119 Å². The van der Waals surface area contributed by atoms with Crippen LogP contribution in [-0.4, -0.2) is 10.4 Å². The van der Waals surface area contributed by atoms with Gasteiger partial charge in [-0.25, -0.2) is 0 Å². The van der Waals surface area contributed by atoms with Gasteiger partial charge in [-0.2, -0.15) is 5.26 Å². The molecule has 0 radical (unpaired) electrons. The molecule has 0 aliphatic heterocycles. The van der Waals surface area contributed by atoms with Crippen molar-refractivity contribution in [1.82, 2.24) is 4.57 Å². The summed E-state index contributed by atoms with van der Waals surface area (Å²) in [5, 5.41) is 10.6. The fraction of sp³-hybridized carbons (Fsp3) is 0.0385. The molecule has 4 nitrogen and oxygen atoms in total. The number of aromatic nitrogens is 1. The zero-order valence-corrected chi connectivity index (χ0v) is 19.7. The highest BCUT2D eigenvalue weighted by molar-refractivity contribution is 7.07. The van der Waals surface area contributed by atoms with Crippen molar-refractivity contribution in [2.24, 2.45) is 0 Å². The molecule has 0 saturated heterocycles. The lowest BCUT2D eigenvalue weighted by Crippen LogP contribution is -2.32. The van der Waals surface area contributed by atoms with Gasteiger partial charge in [0.2, 0.25) is 5.78 Å². The van der Waals surface area contributed by atoms with Gasteiger partial charge < -0.3 is 0 Å². The predicted molar refractivity (Wildman–Crippen MR) is 134 cm³/mol. The number of carbonyl (C=O) groups is 1. The fourth-order valence-electron chi connectivity index (χ4n) is 3.39. The first-order valence-corrected chi connectivity index (χ1v) is 11.5. The van der Waals surface area contributed by atoms with E-state index in [0.29, 0.717) is 31.4 Å². The summed E-state index contributed by atoms with van der Waals surface area (Å²) >= 11 is 13.5. The number of para-hydroxylation sites is 1. The number of nitrogens with zero attached hydrogens (tertiary/aromatic N) is 2. The number of carbonyl (C=O) groups excluding carboxylic acids is 1. The molecular weight excluding hydrogens is 475 g/mol. The van der Waals surface area contributed by atoms with Crippen molar-refractivity contribution in [2.45, 2.75) is 6.92 Å². The van der Waals surface area contributed by atoms with E-state index >= 15 is 0 Å². The summed E-state index contributed by atoms with van der Waals surface area (Å²) in [6, 6.07) is 23.0. The number of hydrogen-bond donors (Lipinski definition) is 0. The number of benzene rings is 3. The molecule has 1 heterocycles. The summed E-state index contributed by atoms with van der Waals surface area (Å²) < 4.78 is 2.00. The highest BCUT2D eigenvalue weighted by Gasteiger charge is 2.19. The van der Waals surface area contributed by atoms with E-state index in [1.165, 1.54) is 4.57 Å². The lowest BCUT2D eigenvalue weighted by atomic mass is 10.1. The normalized spacial score (nSPS) is 12.4. The first-order valence-electron chi connectivity index (χ1n) is 9.90. The van der Waals surface area contributed by atoms with Crippen LogP contribution in [0.15, 0.2) is 77.6 Å².